The number of fused-ring (bicyclic) bond motifs is 2. The number of halogens is 2. The van der Waals surface area contributed by atoms with Crippen LogP contribution in [0.3, 0.4) is 0 Å². The number of allylic oxidation sites excluding steroid dienone is 1. The third kappa shape index (κ3) is 5.05. The number of rotatable bonds is 4. The van der Waals surface area contributed by atoms with Gasteiger partial charge in [-0.1, -0.05) is 73.4 Å². The maximum atomic E-state index is 13.8. The van der Waals surface area contributed by atoms with E-state index in [1.807, 2.05) is 65.6 Å². The Kier molecular flexibility index (Phi) is 6.77. The van der Waals surface area contributed by atoms with Crippen LogP contribution in [0.2, 0.25) is 10.0 Å². The van der Waals surface area contributed by atoms with Gasteiger partial charge in [0.2, 0.25) is 5.91 Å². The van der Waals surface area contributed by atoms with Gasteiger partial charge in [-0.25, -0.2) is 0 Å². The molecule has 1 aromatic heterocycles. The maximum Gasteiger partial charge on any atom is 0.243 e. The fourth-order valence-electron chi connectivity index (χ4n) is 5.75. The molecule has 4 aromatic rings. The summed E-state index contributed by atoms with van der Waals surface area (Å²) in [6, 6.07) is 22.3. The van der Waals surface area contributed by atoms with E-state index in [1.54, 1.807) is 18.3 Å². The summed E-state index contributed by atoms with van der Waals surface area (Å²) in [6.07, 6.45) is 2.76. The van der Waals surface area contributed by atoms with Gasteiger partial charge in [-0.2, -0.15) is 0 Å². The Labute approximate surface area is 243 Å². The van der Waals surface area contributed by atoms with Crippen LogP contribution in [0.15, 0.2) is 90.3 Å². The minimum atomic E-state index is -0.551. The number of nitrogens with one attached hydrogen (secondary N) is 2. The van der Waals surface area contributed by atoms with Crippen LogP contribution in [-0.4, -0.2) is 23.2 Å². The largest absolute Gasteiger partial charge is 0.357 e. The van der Waals surface area contributed by atoms with Gasteiger partial charge < -0.3 is 15.5 Å². The van der Waals surface area contributed by atoms with Crippen LogP contribution in [0.25, 0.3) is 10.9 Å². The van der Waals surface area contributed by atoms with Gasteiger partial charge in [0.15, 0.2) is 5.78 Å². The molecule has 2 heterocycles. The first-order valence-electron chi connectivity index (χ1n) is 13.2. The Morgan fingerprint density at radius 1 is 1.02 bits per heavy atom. The molecular formula is C32H28Cl2N4O2. The summed E-state index contributed by atoms with van der Waals surface area (Å²) < 4.78 is 0. The average Bonchev–Trinajstić information content (AvgIpc) is 3.04. The van der Waals surface area contributed by atoms with Crippen molar-refractivity contribution < 1.29 is 9.59 Å². The van der Waals surface area contributed by atoms with Gasteiger partial charge in [-0.15, -0.1) is 0 Å². The van der Waals surface area contributed by atoms with Gasteiger partial charge in [0.1, 0.15) is 0 Å². The van der Waals surface area contributed by atoms with E-state index in [0.29, 0.717) is 34.1 Å². The molecular weight excluding hydrogens is 543 g/mol. The quantitative estimate of drug-likeness (QED) is 0.262. The van der Waals surface area contributed by atoms with E-state index >= 15 is 0 Å². The lowest BCUT2D eigenvalue weighted by Gasteiger charge is -2.38. The lowest BCUT2D eigenvalue weighted by molar-refractivity contribution is -0.119. The van der Waals surface area contributed by atoms with Crippen molar-refractivity contribution in [1.82, 2.24) is 4.98 Å². The van der Waals surface area contributed by atoms with Gasteiger partial charge in [-0.05, 0) is 53.8 Å². The molecule has 40 heavy (non-hydrogen) atoms. The Bertz CT molecular complexity index is 1700. The van der Waals surface area contributed by atoms with Crippen molar-refractivity contribution >= 4 is 62.9 Å². The number of para-hydroxylation sites is 3. The van der Waals surface area contributed by atoms with Crippen LogP contribution < -0.4 is 15.5 Å². The first kappa shape index (κ1) is 26.4. The maximum absolute atomic E-state index is 13.8. The summed E-state index contributed by atoms with van der Waals surface area (Å²) >= 11 is 12.8. The van der Waals surface area contributed by atoms with Crippen molar-refractivity contribution in [3.63, 3.8) is 0 Å². The molecule has 8 heteroatoms. The number of anilines is 3. The summed E-state index contributed by atoms with van der Waals surface area (Å²) in [7, 11) is 0. The molecule has 1 amide bonds. The summed E-state index contributed by atoms with van der Waals surface area (Å²) in [5, 5.41) is 8.32. The summed E-state index contributed by atoms with van der Waals surface area (Å²) in [5.41, 5.74) is 5.20. The lowest BCUT2D eigenvalue weighted by Crippen LogP contribution is -2.40. The molecule has 6 nitrogen and oxygen atoms in total. The number of hydrogen-bond acceptors (Lipinski definition) is 5. The number of amides is 1. The molecule has 2 aliphatic rings. The highest BCUT2D eigenvalue weighted by atomic mass is 35.5. The van der Waals surface area contributed by atoms with Crippen molar-refractivity contribution in [2.24, 2.45) is 5.41 Å². The van der Waals surface area contributed by atoms with E-state index in [4.69, 9.17) is 23.2 Å². The Morgan fingerprint density at radius 2 is 1.80 bits per heavy atom. The molecule has 1 aliphatic heterocycles. The van der Waals surface area contributed by atoms with Crippen molar-refractivity contribution in [3.05, 3.63) is 106 Å². The smallest absolute Gasteiger partial charge is 0.243 e. The number of benzene rings is 3. The molecule has 0 spiro atoms. The van der Waals surface area contributed by atoms with E-state index in [9.17, 15) is 9.59 Å². The van der Waals surface area contributed by atoms with E-state index in [-0.39, 0.29) is 23.7 Å². The highest BCUT2D eigenvalue weighted by Crippen LogP contribution is 2.48. The predicted octanol–water partition coefficient (Wildman–Crippen LogP) is 7.80. The minimum Gasteiger partial charge on any atom is -0.357 e. The SMILES string of the molecule is CC1(C)CC(=O)C2=C(C1)Nc1ccccc1N(CC(=O)Nc1cnc3ccccc3c1)C2c1ccc(Cl)c(Cl)c1. The lowest BCUT2D eigenvalue weighted by atomic mass is 9.73. The van der Waals surface area contributed by atoms with Crippen molar-refractivity contribution in [2.75, 3.05) is 22.1 Å². The number of hydrogen-bond donors (Lipinski definition) is 2. The van der Waals surface area contributed by atoms with Gasteiger partial charge in [-0.3, -0.25) is 14.6 Å². The number of pyridine rings is 1. The second-order valence-electron chi connectivity index (χ2n) is 11.1. The minimum absolute atomic E-state index is 0.0100. The predicted molar refractivity (Wildman–Crippen MR) is 162 cm³/mol. The van der Waals surface area contributed by atoms with Crippen LogP contribution in [0.1, 0.15) is 38.3 Å². The Morgan fingerprint density at radius 3 is 2.62 bits per heavy atom. The first-order chi connectivity index (χ1) is 19.2. The monoisotopic (exact) mass is 570 g/mol. The molecule has 3 aromatic carbocycles. The van der Waals surface area contributed by atoms with Crippen LogP contribution in [0, 0.1) is 5.41 Å². The van der Waals surface area contributed by atoms with Crippen molar-refractivity contribution in [2.45, 2.75) is 32.7 Å². The molecule has 0 radical (unpaired) electrons. The van der Waals surface area contributed by atoms with Crippen molar-refractivity contribution in [1.29, 1.82) is 0 Å². The van der Waals surface area contributed by atoms with E-state index in [1.165, 1.54) is 0 Å². The molecule has 6 rings (SSSR count). The number of aromatic nitrogens is 1. The highest BCUT2D eigenvalue weighted by molar-refractivity contribution is 6.42. The summed E-state index contributed by atoms with van der Waals surface area (Å²) in [5.74, 6) is -0.184. The molecule has 202 valence electrons. The number of nitrogens with zero attached hydrogens (tertiary/aromatic N) is 2. The van der Waals surface area contributed by atoms with Gasteiger partial charge >= 0.3 is 0 Å². The molecule has 0 fully saturated rings. The van der Waals surface area contributed by atoms with Crippen LogP contribution >= 0.6 is 23.2 Å². The van der Waals surface area contributed by atoms with Crippen LogP contribution in [-0.2, 0) is 9.59 Å². The molecule has 1 aliphatic carbocycles. The van der Waals surface area contributed by atoms with Gasteiger partial charge in [0, 0.05) is 23.1 Å². The van der Waals surface area contributed by atoms with Crippen LogP contribution in [0.4, 0.5) is 17.1 Å². The third-order valence-electron chi connectivity index (χ3n) is 7.45. The third-order valence-corrected chi connectivity index (χ3v) is 8.19. The second-order valence-corrected chi connectivity index (χ2v) is 12.0. The van der Waals surface area contributed by atoms with E-state index in [2.05, 4.69) is 29.5 Å². The second kappa shape index (κ2) is 10.3. The normalized spacial score (nSPS) is 18.1. The average molecular weight is 572 g/mol. The zero-order chi connectivity index (χ0) is 28.0. The Balaban J connectivity index is 1.45. The topological polar surface area (TPSA) is 74.3 Å². The van der Waals surface area contributed by atoms with Gasteiger partial charge in [0.05, 0.1) is 51.4 Å². The van der Waals surface area contributed by atoms with Crippen molar-refractivity contribution in [3.8, 4) is 0 Å². The molecule has 0 saturated heterocycles. The zero-order valence-electron chi connectivity index (χ0n) is 22.2. The van der Waals surface area contributed by atoms with E-state index in [0.717, 1.165) is 33.5 Å². The summed E-state index contributed by atoms with van der Waals surface area (Å²) in [4.78, 5) is 33.9. The number of carbonyl (C=O) groups is 2. The Hall–Kier alpha value is -3.87. The fraction of sp³-hybridized carbons (Fsp3) is 0.219. The highest BCUT2D eigenvalue weighted by Gasteiger charge is 2.42. The molecule has 1 unspecified atom stereocenters. The first-order valence-corrected chi connectivity index (χ1v) is 13.9. The van der Waals surface area contributed by atoms with Crippen LogP contribution in [0.5, 0.6) is 0 Å². The zero-order valence-corrected chi connectivity index (χ0v) is 23.7. The summed E-state index contributed by atoms with van der Waals surface area (Å²) in [6.45, 7) is 4.19. The van der Waals surface area contributed by atoms with E-state index < -0.39 is 6.04 Å². The van der Waals surface area contributed by atoms with Gasteiger partial charge in [0.25, 0.3) is 0 Å². The number of ketones is 1. The standard InChI is InChI=1S/C32H28Cl2N4O2/c1-32(2)15-26-30(28(39)16-32)31(20-11-12-22(33)23(34)14-20)38(27-10-6-5-9-25(27)37-26)18-29(40)36-21-13-19-7-3-4-8-24(19)35-17-21/h3-14,17,31,37H,15-16,18H2,1-2H3,(H,36,40). The fourth-order valence-corrected chi connectivity index (χ4v) is 6.06. The molecule has 0 bridgehead atoms. The molecule has 2 N–H and O–H groups in total. The number of Topliss-reactive ketones (excluding diaryl/α,β-unsaturated/α-hetero) is 1. The number of carbonyl (C=O) groups excluding carboxylic acids is 2. The molecule has 0 saturated carbocycles. The molecule has 1 atom stereocenters.